The molecule has 2 aliphatic rings. The molecule has 1 saturated heterocycles. The Morgan fingerprint density at radius 2 is 1.52 bits per heavy atom. The maximum atomic E-state index is 12.4. The molecule has 0 spiro atoms. The molecule has 5 aromatic rings. The number of nitrogens with one attached hydrogen (secondary N) is 1. The molecule has 1 aromatic heterocycles. The highest BCUT2D eigenvalue weighted by Crippen LogP contribution is 2.33. The molecule has 0 bridgehead atoms. The first-order valence-electron chi connectivity index (χ1n) is 15.0. The van der Waals surface area contributed by atoms with E-state index in [0.29, 0.717) is 33.8 Å². The predicted octanol–water partition coefficient (Wildman–Crippen LogP) is 7.83. The smallest absolute Gasteiger partial charge is 0.330 e. The Labute approximate surface area is 278 Å². The van der Waals surface area contributed by atoms with Gasteiger partial charge in [-0.05, 0) is 84.5 Å². The fraction of sp³-hybridized carbons (Fsp3) is 0.171. The normalized spacial score (nSPS) is 16.3. The van der Waals surface area contributed by atoms with E-state index in [1.54, 1.807) is 24.3 Å². The van der Waals surface area contributed by atoms with Crippen LogP contribution in [0.1, 0.15) is 35.7 Å². The number of hydrogen-bond donors (Lipinski definition) is 2. The van der Waals surface area contributed by atoms with E-state index < -0.39 is 16.1 Å². The molecule has 2 aliphatic heterocycles. The standard InChI is InChI=1S/C35H31Cl2N5O3S/c36-27-8-15-31(32(37)21-27)33-22-41(29-11-13-30(14-12-29)42-23-35(43)39-46(42,44)45)34(38-33)20-24-6-9-28(10-7-24)40-18-16-26(17-19-40)25-4-2-1-3-5-25/h1-15,21-23,26,39,43H,16-20H2. The van der Waals surface area contributed by atoms with Gasteiger partial charge >= 0.3 is 10.2 Å². The second-order valence-corrected chi connectivity index (χ2v) is 13.9. The number of aliphatic hydroxyl groups is 1. The minimum atomic E-state index is -3.89. The van der Waals surface area contributed by atoms with Crippen molar-refractivity contribution in [2.75, 3.05) is 22.3 Å². The van der Waals surface area contributed by atoms with Crippen LogP contribution < -0.4 is 13.9 Å². The lowest BCUT2D eigenvalue weighted by Crippen LogP contribution is -2.32. The van der Waals surface area contributed by atoms with E-state index in [4.69, 9.17) is 28.2 Å². The molecule has 0 saturated carbocycles. The first kappa shape index (κ1) is 30.2. The average Bonchev–Trinajstić information content (AvgIpc) is 3.60. The maximum absolute atomic E-state index is 12.4. The number of piperidine rings is 1. The highest BCUT2D eigenvalue weighted by molar-refractivity contribution is 7.91. The number of benzene rings is 4. The Hall–Kier alpha value is -4.44. The second kappa shape index (κ2) is 12.4. The molecule has 0 aliphatic carbocycles. The van der Waals surface area contributed by atoms with Gasteiger partial charge < -0.3 is 14.6 Å². The Balaban J connectivity index is 1.14. The zero-order valence-electron chi connectivity index (χ0n) is 24.7. The summed E-state index contributed by atoms with van der Waals surface area (Å²) in [5.41, 5.74) is 6.37. The lowest BCUT2D eigenvalue weighted by molar-refractivity contribution is 0.392. The van der Waals surface area contributed by atoms with Gasteiger partial charge in [-0.3, -0.25) is 0 Å². The third kappa shape index (κ3) is 6.18. The first-order chi connectivity index (χ1) is 22.2. The second-order valence-electron chi connectivity index (χ2n) is 11.5. The number of aromatic nitrogens is 2. The van der Waals surface area contributed by atoms with Gasteiger partial charge in [-0.15, -0.1) is 0 Å². The molecule has 46 heavy (non-hydrogen) atoms. The highest BCUT2D eigenvalue weighted by atomic mass is 35.5. The molecule has 0 unspecified atom stereocenters. The Morgan fingerprint density at radius 1 is 0.848 bits per heavy atom. The van der Waals surface area contributed by atoms with Gasteiger partial charge in [0.1, 0.15) is 5.82 Å². The number of halogens is 2. The van der Waals surface area contributed by atoms with Crippen LogP contribution in [0.15, 0.2) is 115 Å². The Bertz CT molecular complexity index is 2010. The predicted molar refractivity (Wildman–Crippen MR) is 184 cm³/mol. The third-order valence-corrected chi connectivity index (χ3v) is 10.4. The molecule has 2 N–H and O–H groups in total. The van der Waals surface area contributed by atoms with Crippen molar-refractivity contribution in [3.05, 3.63) is 142 Å². The van der Waals surface area contributed by atoms with Crippen molar-refractivity contribution in [1.82, 2.24) is 14.3 Å². The molecule has 8 nitrogen and oxygen atoms in total. The summed E-state index contributed by atoms with van der Waals surface area (Å²) in [6.07, 6.45) is 5.88. The van der Waals surface area contributed by atoms with Crippen molar-refractivity contribution >= 4 is 44.8 Å². The van der Waals surface area contributed by atoms with Crippen LogP contribution in [0.2, 0.25) is 10.0 Å². The number of imidazole rings is 1. The van der Waals surface area contributed by atoms with Gasteiger partial charge in [0.2, 0.25) is 5.88 Å². The summed E-state index contributed by atoms with van der Waals surface area (Å²) >= 11 is 12.7. The van der Waals surface area contributed by atoms with E-state index in [1.807, 2.05) is 29.0 Å². The summed E-state index contributed by atoms with van der Waals surface area (Å²) in [5.74, 6) is 0.958. The summed E-state index contributed by atoms with van der Waals surface area (Å²) in [6, 6.07) is 31.8. The van der Waals surface area contributed by atoms with E-state index in [9.17, 15) is 13.5 Å². The largest absolute Gasteiger partial charge is 0.493 e. The molecule has 1 fully saturated rings. The average molecular weight is 673 g/mol. The van der Waals surface area contributed by atoms with Crippen molar-refractivity contribution in [1.29, 1.82) is 0 Å². The lowest BCUT2D eigenvalue weighted by atomic mass is 9.89. The zero-order valence-corrected chi connectivity index (χ0v) is 27.1. The minimum absolute atomic E-state index is 0.381. The fourth-order valence-corrected chi connectivity index (χ4v) is 7.72. The minimum Gasteiger partial charge on any atom is -0.493 e. The Kier molecular flexibility index (Phi) is 8.15. The van der Waals surface area contributed by atoms with E-state index >= 15 is 0 Å². The van der Waals surface area contributed by atoms with Gasteiger partial charge in [-0.25, -0.2) is 14.0 Å². The van der Waals surface area contributed by atoms with Crippen LogP contribution in [0.4, 0.5) is 11.4 Å². The van der Waals surface area contributed by atoms with E-state index in [1.165, 1.54) is 11.3 Å². The van der Waals surface area contributed by atoms with Gasteiger partial charge in [-0.1, -0.05) is 65.7 Å². The molecule has 11 heteroatoms. The van der Waals surface area contributed by atoms with Gasteiger partial charge in [0.05, 0.1) is 22.6 Å². The quantitative estimate of drug-likeness (QED) is 0.184. The molecule has 4 aromatic carbocycles. The van der Waals surface area contributed by atoms with Crippen molar-refractivity contribution in [2.24, 2.45) is 0 Å². The van der Waals surface area contributed by atoms with Crippen molar-refractivity contribution in [3.8, 4) is 16.9 Å². The van der Waals surface area contributed by atoms with E-state index in [0.717, 1.165) is 59.1 Å². The number of rotatable bonds is 7. The number of aliphatic hydroxyl groups excluding tert-OH is 1. The fourth-order valence-electron chi connectivity index (χ4n) is 6.16. The highest BCUT2D eigenvalue weighted by Gasteiger charge is 2.28. The van der Waals surface area contributed by atoms with Crippen molar-refractivity contribution in [3.63, 3.8) is 0 Å². The third-order valence-electron chi connectivity index (χ3n) is 8.53. The molecule has 0 atom stereocenters. The number of hydrogen-bond acceptors (Lipinski definition) is 5. The zero-order chi connectivity index (χ0) is 31.8. The molecule has 0 radical (unpaired) electrons. The molecular weight excluding hydrogens is 641 g/mol. The topological polar surface area (TPSA) is 90.7 Å². The van der Waals surface area contributed by atoms with Crippen LogP contribution in [0, 0.1) is 0 Å². The van der Waals surface area contributed by atoms with Crippen LogP contribution in [-0.4, -0.2) is 36.2 Å². The number of nitrogens with zero attached hydrogens (tertiary/aromatic N) is 4. The number of anilines is 2. The van der Waals surface area contributed by atoms with Crippen molar-refractivity contribution in [2.45, 2.75) is 25.2 Å². The lowest BCUT2D eigenvalue weighted by Gasteiger charge is -2.34. The van der Waals surface area contributed by atoms with Gasteiger partial charge in [0, 0.05) is 47.7 Å². The van der Waals surface area contributed by atoms with Crippen LogP contribution in [0.5, 0.6) is 0 Å². The molecule has 234 valence electrons. The van der Waals surface area contributed by atoms with Gasteiger partial charge in [-0.2, -0.15) is 8.42 Å². The maximum Gasteiger partial charge on any atom is 0.330 e. The van der Waals surface area contributed by atoms with Crippen LogP contribution in [0.25, 0.3) is 16.9 Å². The summed E-state index contributed by atoms with van der Waals surface area (Å²) < 4.78 is 29.8. The van der Waals surface area contributed by atoms with Gasteiger partial charge in [0.15, 0.2) is 0 Å². The summed E-state index contributed by atoms with van der Waals surface area (Å²) in [6.45, 7) is 2.05. The van der Waals surface area contributed by atoms with E-state index in [2.05, 4.69) is 64.2 Å². The molecule has 3 heterocycles. The van der Waals surface area contributed by atoms with Crippen LogP contribution >= 0.6 is 23.2 Å². The SMILES string of the molecule is O=S1(=O)NC(O)=CN1c1ccc(-n2cc(-c3ccc(Cl)cc3Cl)nc2Cc2ccc(N3CCC(c4ccccc4)CC3)cc2)cc1. The summed E-state index contributed by atoms with van der Waals surface area (Å²) in [7, 11) is -3.89. The summed E-state index contributed by atoms with van der Waals surface area (Å²) in [5, 5.41) is 10.7. The molecular formula is C35H31Cl2N5O3S. The van der Waals surface area contributed by atoms with E-state index in [-0.39, 0.29) is 0 Å². The molecule has 7 rings (SSSR count). The summed E-state index contributed by atoms with van der Waals surface area (Å²) in [4.78, 5) is 7.45. The Morgan fingerprint density at radius 3 is 2.17 bits per heavy atom. The van der Waals surface area contributed by atoms with Crippen molar-refractivity contribution < 1.29 is 13.5 Å². The van der Waals surface area contributed by atoms with Crippen LogP contribution in [-0.2, 0) is 16.6 Å². The first-order valence-corrected chi connectivity index (χ1v) is 17.2. The van der Waals surface area contributed by atoms with Crippen LogP contribution in [0.3, 0.4) is 0 Å². The monoisotopic (exact) mass is 671 g/mol. The molecule has 0 amide bonds. The van der Waals surface area contributed by atoms with Gasteiger partial charge in [0.25, 0.3) is 0 Å².